The molecular weight excluding hydrogens is 310 g/mol. The van der Waals surface area contributed by atoms with Gasteiger partial charge in [-0.25, -0.2) is 0 Å². The summed E-state index contributed by atoms with van der Waals surface area (Å²) in [7, 11) is 1.67. The van der Waals surface area contributed by atoms with Gasteiger partial charge in [-0.2, -0.15) is 0 Å². The van der Waals surface area contributed by atoms with Crippen molar-refractivity contribution < 1.29 is 14.8 Å². The number of benzene rings is 3. The third-order valence-electron chi connectivity index (χ3n) is 4.73. The molecule has 2 N–H and O–H groups in total. The Balaban J connectivity index is 1.45. The molecule has 0 fully saturated rings. The lowest BCUT2D eigenvalue weighted by molar-refractivity contribution is -0.686. The Morgan fingerprint density at radius 3 is 1.96 bits per heavy atom. The van der Waals surface area contributed by atoms with Gasteiger partial charge < -0.3 is 14.8 Å². The second-order valence-electron chi connectivity index (χ2n) is 6.18. The van der Waals surface area contributed by atoms with E-state index in [-0.39, 0.29) is 0 Å². The highest BCUT2D eigenvalue weighted by Gasteiger charge is 2.30. The van der Waals surface area contributed by atoms with Crippen molar-refractivity contribution in [1.29, 1.82) is 0 Å². The summed E-state index contributed by atoms with van der Waals surface area (Å²) in [6.45, 7) is 1.52. The highest BCUT2D eigenvalue weighted by molar-refractivity contribution is 5.77. The third-order valence-corrected chi connectivity index (χ3v) is 4.73. The number of quaternary nitrogens is 1. The molecule has 0 aliphatic heterocycles. The largest absolute Gasteiger partial charge is 0.493 e. The zero-order valence-corrected chi connectivity index (χ0v) is 14.3. The van der Waals surface area contributed by atoms with Crippen LogP contribution in [-0.4, -0.2) is 20.3 Å². The van der Waals surface area contributed by atoms with Gasteiger partial charge in [0.15, 0.2) is 11.5 Å². The van der Waals surface area contributed by atoms with Crippen molar-refractivity contribution in [1.82, 2.24) is 0 Å². The van der Waals surface area contributed by atoms with E-state index in [0.717, 1.165) is 18.0 Å². The SMILES string of the molecule is COc1ccccc1OCC[NH2+]C1c2ccccc2-c2ccccc21. The van der Waals surface area contributed by atoms with E-state index in [4.69, 9.17) is 9.47 Å². The lowest BCUT2D eigenvalue weighted by atomic mass is 10.1. The summed E-state index contributed by atoms with van der Waals surface area (Å²) in [5.74, 6) is 1.57. The molecule has 0 saturated heterocycles. The fourth-order valence-electron chi connectivity index (χ4n) is 3.59. The Bertz CT molecular complexity index is 830. The van der Waals surface area contributed by atoms with Gasteiger partial charge in [-0.15, -0.1) is 0 Å². The van der Waals surface area contributed by atoms with Gasteiger partial charge in [0.05, 0.1) is 7.11 Å². The van der Waals surface area contributed by atoms with E-state index < -0.39 is 0 Å². The van der Waals surface area contributed by atoms with Crippen LogP contribution in [0, 0.1) is 0 Å². The van der Waals surface area contributed by atoms with Crippen LogP contribution in [-0.2, 0) is 0 Å². The molecule has 3 heteroatoms. The molecule has 4 rings (SSSR count). The maximum atomic E-state index is 5.91. The third kappa shape index (κ3) is 2.99. The zero-order chi connectivity index (χ0) is 17.1. The second-order valence-corrected chi connectivity index (χ2v) is 6.18. The molecule has 0 spiro atoms. The summed E-state index contributed by atoms with van der Waals surface area (Å²) in [4.78, 5) is 0. The summed E-state index contributed by atoms with van der Waals surface area (Å²) in [6.07, 6.45) is 0. The van der Waals surface area contributed by atoms with Crippen molar-refractivity contribution >= 4 is 0 Å². The van der Waals surface area contributed by atoms with Crippen LogP contribution in [0.2, 0.25) is 0 Å². The van der Waals surface area contributed by atoms with Crippen LogP contribution in [0.15, 0.2) is 72.8 Å². The zero-order valence-electron chi connectivity index (χ0n) is 14.3. The van der Waals surface area contributed by atoms with Crippen molar-refractivity contribution in [3.63, 3.8) is 0 Å². The monoisotopic (exact) mass is 332 g/mol. The number of ether oxygens (including phenoxy) is 2. The number of fused-ring (bicyclic) bond motifs is 3. The van der Waals surface area contributed by atoms with E-state index >= 15 is 0 Å². The van der Waals surface area contributed by atoms with Gasteiger partial charge in [0, 0.05) is 11.1 Å². The lowest BCUT2D eigenvalue weighted by Gasteiger charge is -2.14. The molecule has 126 valence electrons. The molecule has 0 heterocycles. The Morgan fingerprint density at radius 1 is 0.760 bits per heavy atom. The van der Waals surface area contributed by atoms with Gasteiger partial charge in [0.1, 0.15) is 19.2 Å². The highest BCUT2D eigenvalue weighted by atomic mass is 16.5. The highest BCUT2D eigenvalue weighted by Crippen LogP contribution is 2.40. The summed E-state index contributed by atoms with van der Waals surface area (Å²) in [5, 5.41) is 2.36. The first-order valence-electron chi connectivity index (χ1n) is 8.66. The minimum Gasteiger partial charge on any atom is -0.493 e. The van der Waals surface area contributed by atoms with Crippen LogP contribution in [0.1, 0.15) is 17.2 Å². The quantitative estimate of drug-likeness (QED) is 0.702. The Kier molecular flexibility index (Phi) is 4.40. The van der Waals surface area contributed by atoms with Crippen molar-refractivity contribution in [3.05, 3.63) is 83.9 Å². The van der Waals surface area contributed by atoms with E-state index in [1.807, 2.05) is 24.3 Å². The minimum absolute atomic E-state index is 0.341. The first kappa shape index (κ1) is 15.7. The first-order valence-corrected chi connectivity index (χ1v) is 8.66. The molecule has 0 amide bonds. The molecule has 0 atom stereocenters. The molecule has 0 saturated carbocycles. The van der Waals surface area contributed by atoms with E-state index in [1.165, 1.54) is 22.3 Å². The Labute approximate surface area is 148 Å². The van der Waals surface area contributed by atoms with Crippen LogP contribution in [0.4, 0.5) is 0 Å². The number of para-hydroxylation sites is 2. The molecule has 1 aliphatic carbocycles. The van der Waals surface area contributed by atoms with Crippen LogP contribution in [0.3, 0.4) is 0 Å². The smallest absolute Gasteiger partial charge is 0.161 e. The van der Waals surface area contributed by atoms with Crippen molar-refractivity contribution in [2.24, 2.45) is 0 Å². The number of hydrogen-bond acceptors (Lipinski definition) is 2. The van der Waals surface area contributed by atoms with Gasteiger partial charge >= 0.3 is 0 Å². The topological polar surface area (TPSA) is 35.1 Å². The van der Waals surface area contributed by atoms with Gasteiger partial charge in [-0.05, 0) is 23.3 Å². The molecule has 0 radical (unpaired) electrons. The maximum absolute atomic E-state index is 5.91. The molecular formula is C22H22NO2+. The number of nitrogens with two attached hydrogens (primary N) is 1. The predicted octanol–water partition coefficient (Wildman–Crippen LogP) is 3.41. The molecule has 0 unspecified atom stereocenters. The average Bonchev–Trinajstić information content (AvgIpc) is 3.00. The van der Waals surface area contributed by atoms with Crippen LogP contribution < -0.4 is 14.8 Å². The summed E-state index contributed by atoms with van der Waals surface area (Å²) >= 11 is 0. The number of rotatable bonds is 6. The second kappa shape index (κ2) is 6.99. The number of hydrogen-bond donors (Lipinski definition) is 1. The van der Waals surface area contributed by atoms with Crippen LogP contribution in [0.25, 0.3) is 11.1 Å². The van der Waals surface area contributed by atoms with Gasteiger partial charge in [-0.3, -0.25) is 0 Å². The Morgan fingerprint density at radius 2 is 1.32 bits per heavy atom. The molecule has 1 aliphatic rings. The van der Waals surface area contributed by atoms with E-state index in [1.54, 1.807) is 7.11 Å². The Hall–Kier alpha value is -2.78. The van der Waals surface area contributed by atoms with E-state index in [2.05, 4.69) is 53.8 Å². The van der Waals surface area contributed by atoms with Crippen molar-refractivity contribution in [2.45, 2.75) is 6.04 Å². The summed E-state index contributed by atoms with van der Waals surface area (Å²) in [6, 6.07) is 25.5. The normalized spacial score (nSPS) is 12.5. The summed E-state index contributed by atoms with van der Waals surface area (Å²) < 4.78 is 11.2. The van der Waals surface area contributed by atoms with E-state index in [9.17, 15) is 0 Å². The van der Waals surface area contributed by atoms with Gasteiger partial charge in [0.2, 0.25) is 0 Å². The first-order chi connectivity index (χ1) is 12.4. The number of methoxy groups -OCH3 is 1. The fraction of sp³-hybridized carbons (Fsp3) is 0.182. The molecule has 3 aromatic rings. The maximum Gasteiger partial charge on any atom is 0.161 e. The lowest BCUT2D eigenvalue weighted by Crippen LogP contribution is -2.86. The predicted molar refractivity (Wildman–Crippen MR) is 99.0 cm³/mol. The molecule has 25 heavy (non-hydrogen) atoms. The standard InChI is InChI=1S/C22H21NO2/c1-24-20-12-6-7-13-21(20)25-15-14-23-22-18-10-4-2-8-16(18)17-9-3-5-11-19(17)22/h2-13,22-23H,14-15H2,1H3/p+1. The van der Waals surface area contributed by atoms with Crippen molar-refractivity contribution in [2.75, 3.05) is 20.3 Å². The molecule has 0 aromatic heterocycles. The van der Waals surface area contributed by atoms with Gasteiger partial charge in [-0.1, -0.05) is 60.7 Å². The van der Waals surface area contributed by atoms with Crippen LogP contribution >= 0.6 is 0 Å². The molecule has 3 nitrogen and oxygen atoms in total. The molecule has 0 bridgehead atoms. The van der Waals surface area contributed by atoms with Crippen LogP contribution in [0.5, 0.6) is 11.5 Å². The van der Waals surface area contributed by atoms with Gasteiger partial charge in [0.25, 0.3) is 0 Å². The van der Waals surface area contributed by atoms with Crippen molar-refractivity contribution in [3.8, 4) is 22.6 Å². The summed E-state index contributed by atoms with van der Waals surface area (Å²) in [5.41, 5.74) is 5.48. The average molecular weight is 332 g/mol. The minimum atomic E-state index is 0.341. The molecule has 3 aromatic carbocycles. The fourth-order valence-corrected chi connectivity index (χ4v) is 3.59. The van der Waals surface area contributed by atoms with E-state index in [0.29, 0.717) is 12.6 Å².